The number of aromatic nitrogens is 2. The summed E-state index contributed by atoms with van der Waals surface area (Å²) in [4.78, 5) is 46.3. The number of hydrogen-bond acceptors (Lipinski definition) is 7. The Hall–Kier alpha value is -4.71. The van der Waals surface area contributed by atoms with Gasteiger partial charge in [-0.2, -0.15) is 0 Å². The number of carbonyl (C=O) groups excluding carboxylic acids is 2. The second kappa shape index (κ2) is 15.5. The largest absolute Gasteiger partial charge is 0.481 e. The molecule has 2 aliphatic heterocycles. The molecule has 4 heterocycles. The number of carboxylic acid groups (broad SMARTS) is 1. The first kappa shape index (κ1) is 35.7. The Bertz CT molecular complexity index is 2030. The Kier molecular flexibility index (Phi) is 10.6. The van der Waals surface area contributed by atoms with Crippen LogP contribution >= 0.6 is 23.2 Å². The van der Waals surface area contributed by atoms with Gasteiger partial charge in [-0.25, -0.2) is 9.78 Å². The third-order valence-corrected chi connectivity index (χ3v) is 10.9. The number of rotatable bonds is 11. The number of aryl methyl sites for hydroxylation is 1. The molecule has 0 radical (unpaired) electrons. The van der Waals surface area contributed by atoms with Gasteiger partial charge in [0.05, 0.1) is 35.1 Å². The van der Waals surface area contributed by atoms with E-state index in [9.17, 15) is 19.5 Å². The third kappa shape index (κ3) is 7.58. The van der Waals surface area contributed by atoms with Crippen molar-refractivity contribution in [3.05, 3.63) is 87.7 Å². The van der Waals surface area contributed by atoms with E-state index < -0.39 is 6.09 Å². The lowest BCUT2D eigenvalue weighted by Gasteiger charge is -2.27. The fourth-order valence-corrected chi connectivity index (χ4v) is 8.10. The van der Waals surface area contributed by atoms with E-state index in [0.29, 0.717) is 46.1 Å². The molecule has 13 heteroatoms. The molecule has 4 aromatic rings. The summed E-state index contributed by atoms with van der Waals surface area (Å²) in [5.41, 5.74) is 7.33. The molecule has 52 heavy (non-hydrogen) atoms. The molecular weight excluding hydrogens is 703 g/mol. The number of benzene rings is 2. The summed E-state index contributed by atoms with van der Waals surface area (Å²) < 4.78 is 5.61. The van der Waals surface area contributed by atoms with Crippen LogP contribution in [-0.4, -0.2) is 70.2 Å². The number of carbonyl (C=O) groups is 3. The molecule has 3 amide bonds. The first-order valence-corrected chi connectivity index (χ1v) is 18.3. The van der Waals surface area contributed by atoms with Crippen molar-refractivity contribution in [2.24, 2.45) is 0 Å². The molecular formula is C39H40Cl2N6O5. The normalized spacial score (nSPS) is 19.6. The van der Waals surface area contributed by atoms with Crippen molar-refractivity contribution in [1.29, 1.82) is 0 Å². The lowest BCUT2D eigenvalue weighted by molar-refractivity contribution is -0.120. The highest BCUT2D eigenvalue weighted by Gasteiger charge is 2.28. The van der Waals surface area contributed by atoms with Crippen molar-refractivity contribution < 1.29 is 24.2 Å². The summed E-state index contributed by atoms with van der Waals surface area (Å²) in [7, 11) is 1.49. The number of halogens is 2. The first-order chi connectivity index (χ1) is 25.2. The van der Waals surface area contributed by atoms with Crippen LogP contribution in [0, 0.1) is 0 Å². The Morgan fingerprint density at radius 3 is 2.27 bits per heavy atom. The van der Waals surface area contributed by atoms with Crippen molar-refractivity contribution in [2.45, 2.75) is 69.6 Å². The predicted molar refractivity (Wildman–Crippen MR) is 199 cm³/mol. The Morgan fingerprint density at radius 2 is 1.60 bits per heavy atom. The van der Waals surface area contributed by atoms with Gasteiger partial charge in [-0.15, -0.1) is 0 Å². The van der Waals surface area contributed by atoms with Gasteiger partial charge in [0.2, 0.25) is 17.7 Å². The molecule has 3 aliphatic rings. The van der Waals surface area contributed by atoms with Crippen LogP contribution in [0.4, 0.5) is 4.79 Å². The van der Waals surface area contributed by atoms with Gasteiger partial charge in [0, 0.05) is 83.6 Å². The van der Waals surface area contributed by atoms with Gasteiger partial charge in [0.1, 0.15) is 0 Å². The van der Waals surface area contributed by atoms with Crippen LogP contribution in [-0.2, 0) is 22.6 Å². The lowest BCUT2D eigenvalue weighted by atomic mass is 9.89. The Labute approximate surface area is 312 Å². The summed E-state index contributed by atoms with van der Waals surface area (Å²) >= 11 is 14.3. The quantitative estimate of drug-likeness (QED) is 0.131. The molecule has 0 bridgehead atoms. The highest BCUT2D eigenvalue weighted by molar-refractivity contribution is 6.39. The summed E-state index contributed by atoms with van der Waals surface area (Å²) in [6, 6.07) is 17.4. The fraction of sp³-hybridized carbons (Fsp3) is 0.359. The minimum Gasteiger partial charge on any atom is -0.481 e. The van der Waals surface area contributed by atoms with Gasteiger partial charge in [-0.3, -0.25) is 14.6 Å². The van der Waals surface area contributed by atoms with E-state index >= 15 is 0 Å². The fourth-order valence-electron chi connectivity index (χ4n) is 7.44. The number of fused-ring (bicyclic) bond motifs is 1. The van der Waals surface area contributed by atoms with Crippen LogP contribution in [0.5, 0.6) is 5.88 Å². The number of pyridine rings is 2. The van der Waals surface area contributed by atoms with E-state index in [2.05, 4.69) is 22.0 Å². The summed E-state index contributed by atoms with van der Waals surface area (Å²) in [6.45, 7) is 0.940. The Balaban J connectivity index is 1.12. The molecule has 2 fully saturated rings. The first-order valence-electron chi connectivity index (χ1n) is 17.6. The van der Waals surface area contributed by atoms with E-state index in [1.54, 1.807) is 12.1 Å². The Morgan fingerprint density at radius 1 is 0.923 bits per heavy atom. The smallest absolute Gasteiger partial charge is 0.407 e. The molecule has 2 aromatic heterocycles. The molecule has 11 nitrogen and oxygen atoms in total. The molecule has 2 aromatic carbocycles. The van der Waals surface area contributed by atoms with Gasteiger partial charge >= 0.3 is 6.09 Å². The van der Waals surface area contributed by atoms with Crippen molar-refractivity contribution in [3.8, 4) is 39.4 Å². The average molecular weight is 744 g/mol. The SMILES string of the molecule is COc1nc(-c2cccc(-c3cccc(-c4cnc5c(c4)CCCC5NCC4CCC(=O)N4)c3Cl)c2Cl)ccc1CN(CC1CCC(=O)N1)C(=O)O. The predicted octanol–water partition coefficient (Wildman–Crippen LogP) is 6.80. The van der Waals surface area contributed by atoms with Gasteiger partial charge in [-0.1, -0.05) is 59.6 Å². The van der Waals surface area contributed by atoms with Crippen LogP contribution in [0.1, 0.15) is 61.4 Å². The van der Waals surface area contributed by atoms with Crippen molar-refractivity contribution >= 4 is 41.1 Å². The summed E-state index contributed by atoms with van der Waals surface area (Å²) in [5.74, 6) is 0.327. The standard InChI is InChI=1S/C39H40Cl2N6O5/c1-52-38-23(20-47(39(50)51)21-26-13-16-34(49)45-26)11-14-31(46-38)30-9-4-8-29(36(30)41)28-7-3-6-27(35(28)40)24-17-22-5-2-10-32(37(22)43-18-24)42-19-25-12-15-33(48)44-25/h3-4,6-9,11,14,17-18,25-26,32,42H,2,5,10,12-13,15-16,19-21H2,1H3,(H,44,48)(H,45,49)(H,50,51). The number of methoxy groups -OCH3 is 1. The topological polar surface area (TPSA) is 146 Å². The van der Waals surface area contributed by atoms with Crippen LogP contribution in [0.25, 0.3) is 33.5 Å². The van der Waals surface area contributed by atoms with Gasteiger partial charge in [0.15, 0.2) is 0 Å². The molecule has 1 aliphatic carbocycles. The molecule has 4 N–H and O–H groups in total. The maximum Gasteiger partial charge on any atom is 0.407 e. The van der Waals surface area contributed by atoms with Crippen LogP contribution in [0.2, 0.25) is 10.0 Å². The lowest BCUT2D eigenvalue weighted by Crippen LogP contribution is -2.41. The number of nitrogens with one attached hydrogen (secondary N) is 3. The zero-order valence-electron chi connectivity index (χ0n) is 28.8. The van der Waals surface area contributed by atoms with Crippen LogP contribution < -0.4 is 20.7 Å². The van der Waals surface area contributed by atoms with E-state index in [-0.39, 0.29) is 48.9 Å². The highest BCUT2D eigenvalue weighted by atomic mass is 35.5. The number of hydrogen-bond donors (Lipinski definition) is 4. The maximum atomic E-state index is 12.1. The highest BCUT2D eigenvalue weighted by Crippen LogP contribution is 2.43. The maximum absolute atomic E-state index is 12.1. The van der Waals surface area contributed by atoms with Crippen molar-refractivity contribution in [1.82, 2.24) is 30.8 Å². The minimum absolute atomic E-state index is 0.0448. The molecule has 2 saturated heterocycles. The third-order valence-electron chi connectivity index (χ3n) is 10.1. The molecule has 7 rings (SSSR count). The zero-order valence-corrected chi connectivity index (χ0v) is 30.3. The van der Waals surface area contributed by atoms with Crippen LogP contribution in [0.15, 0.2) is 60.8 Å². The van der Waals surface area contributed by atoms with Crippen molar-refractivity contribution in [2.75, 3.05) is 20.2 Å². The second-order valence-electron chi connectivity index (χ2n) is 13.6. The molecule has 3 atom stereocenters. The van der Waals surface area contributed by atoms with E-state index in [0.717, 1.165) is 60.2 Å². The van der Waals surface area contributed by atoms with Crippen LogP contribution in [0.3, 0.4) is 0 Å². The number of ether oxygens (including phenoxy) is 1. The zero-order chi connectivity index (χ0) is 36.4. The molecule has 270 valence electrons. The number of amides is 3. The van der Waals surface area contributed by atoms with E-state index in [4.69, 9.17) is 37.9 Å². The van der Waals surface area contributed by atoms with E-state index in [1.807, 2.05) is 42.6 Å². The van der Waals surface area contributed by atoms with Gasteiger partial charge < -0.3 is 30.7 Å². The molecule has 3 unspecified atom stereocenters. The average Bonchev–Trinajstić information content (AvgIpc) is 3.77. The molecule has 0 saturated carbocycles. The number of nitrogens with zero attached hydrogens (tertiary/aromatic N) is 3. The minimum atomic E-state index is -1.10. The summed E-state index contributed by atoms with van der Waals surface area (Å²) in [5, 5.41) is 20.4. The monoisotopic (exact) mass is 742 g/mol. The summed E-state index contributed by atoms with van der Waals surface area (Å²) in [6.07, 6.45) is 6.18. The van der Waals surface area contributed by atoms with Gasteiger partial charge in [-0.05, 0) is 55.9 Å². The van der Waals surface area contributed by atoms with Crippen molar-refractivity contribution in [3.63, 3.8) is 0 Å². The van der Waals surface area contributed by atoms with Gasteiger partial charge in [0.25, 0.3) is 0 Å². The van der Waals surface area contributed by atoms with E-state index in [1.165, 1.54) is 17.6 Å². The molecule has 0 spiro atoms. The second-order valence-corrected chi connectivity index (χ2v) is 14.3.